The van der Waals surface area contributed by atoms with Crippen LogP contribution in [0.15, 0.2) is 91.0 Å². The van der Waals surface area contributed by atoms with E-state index in [-0.39, 0.29) is 10.8 Å². The molecule has 4 aromatic carbocycles. The zero-order valence-corrected chi connectivity index (χ0v) is 21.2. The molecule has 0 aliphatic heterocycles. The second-order valence-electron chi connectivity index (χ2n) is 11.3. The third kappa shape index (κ3) is 5.28. The van der Waals surface area contributed by atoms with Crippen molar-refractivity contribution in [2.24, 2.45) is 0 Å². The molecule has 4 aromatic rings. The smallest absolute Gasteiger partial charge is 0.0132 e. The van der Waals surface area contributed by atoms with Crippen molar-refractivity contribution in [1.82, 2.24) is 0 Å². The van der Waals surface area contributed by atoms with Crippen LogP contribution in [-0.4, -0.2) is 0 Å². The Bertz CT molecular complexity index is 1150. The fraction of sp³-hybridized carbons (Fsp3) is 0.273. The molecule has 0 spiro atoms. The predicted octanol–water partition coefficient (Wildman–Crippen LogP) is 9.59. The van der Waals surface area contributed by atoms with Crippen molar-refractivity contribution in [3.8, 4) is 33.4 Å². The maximum atomic E-state index is 2.33. The zero-order valence-electron chi connectivity index (χ0n) is 21.2. The first kappa shape index (κ1) is 23.1. The molecule has 0 aliphatic rings. The van der Waals surface area contributed by atoms with E-state index in [9.17, 15) is 0 Å². The standard InChI is InChI=1S/C33H36/c1-23-8-10-24(11-9-23)27-20-28(25-12-16-30(17-13-25)32(2,3)4)22-29(21-27)26-14-18-31(19-15-26)33(5,6)7/h8-22H,1-7H3. The molecule has 0 heteroatoms. The number of benzene rings is 4. The van der Waals surface area contributed by atoms with Crippen LogP contribution >= 0.6 is 0 Å². The van der Waals surface area contributed by atoms with Gasteiger partial charge in [0.05, 0.1) is 0 Å². The van der Waals surface area contributed by atoms with E-state index >= 15 is 0 Å². The molecule has 0 aliphatic carbocycles. The first-order valence-corrected chi connectivity index (χ1v) is 11.9. The van der Waals surface area contributed by atoms with Gasteiger partial charge in [-0.3, -0.25) is 0 Å². The normalized spacial score (nSPS) is 12.1. The molecule has 0 N–H and O–H groups in total. The van der Waals surface area contributed by atoms with Gasteiger partial charge in [0.15, 0.2) is 0 Å². The summed E-state index contributed by atoms with van der Waals surface area (Å²) in [7, 11) is 0. The fourth-order valence-electron chi connectivity index (χ4n) is 4.20. The molecule has 0 saturated carbocycles. The Morgan fingerprint density at radius 1 is 0.364 bits per heavy atom. The van der Waals surface area contributed by atoms with Crippen molar-refractivity contribution in [2.75, 3.05) is 0 Å². The molecule has 0 amide bonds. The summed E-state index contributed by atoms with van der Waals surface area (Å²) in [6, 6.07) is 34.0. The summed E-state index contributed by atoms with van der Waals surface area (Å²) in [4.78, 5) is 0. The summed E-state index contributed by atoms with van der Waals surface area (Å²) < 4.78 is 0. The second-order valence-corrected chi connectivity index (χ2v) is 11.3. The average molecular weight is 433 g/mol. The van der Waals surface area contributed by atoms with Crippen molar-refractivity contribution < 1.29 is 0 Å². The van der Waals surface area contributed by atoms with Gasteiger partial charge >= 0.3 is 0 Å². The van der Waals surface area contributed by atoms with Gasteiger partial charge in [-0.05, 0) is 80.5 Å². The number of hydrogen-bond acceptors (Lipinski definition) is 0. The minimum atomic E-state index is 0.155. The third-order valence-electron chi connectivity index (χ3n) is 6.49. The van der Waals surface area contributed by atoms with Crippen LogP contribution in [0.3, 0.4) is 0 Å². The van der Waals surface area contributed by atoms with Gasteiger partial charge in [0, 0.05) is 0 Å². The lowest BCUT2D eigenvalue weighted by atomic mass is 9.85. The van der Waals surface area contributed by atoms with Crippen LogP contribution in [0.2, 0.25) is 0 Å². The monoisotopic (exact) mass is 432 g/mol. The Morgan fingerprint density at radius 2 is 0.636 bits per heavy atom. The van der Waals surface area contributed by atoms with Crippen molar-refractivity contribution in [1.29, 1.82) is 0 Å². The highest BCUT2D eigenvalue weighted by atomic mass is 14.2. The molecule has 0 fully saturated rings. The van der Waals surface area contributed by atoms with Crippen LogP contribution in [0.1, 0.15) is 58.2 Å². The van der Waals surface area contributed by atoms with E-state index in [2.05, 4.69) is 139 Å². The second kappa shape index (κ2) is 8.67. The van der Waals surface area contributed by atoms with Gasteiger partial charge < -0.3 is 0 Å². The van der Waals surface area contributed by atoms with Gasteiger partial charge in [-0.2, -0.15) is 0 Å². The molecule has 33 heavy (non-hydrogen) atoms. The van der Waals surface area contributed by atoms with Crippen molar-refractivity contribution >= 4 is 0 Å². The third-order valence-corrected chi connectivity index (χ3v) is 6.49. The maximum Gasteiger partial charge on any atom is -0.0132 e. The Hall–Kier alpha value is -3.12. The number of hydrogen-bond donors (Lipinski definition) is 0. The highest BCUT2D eigenvalue weighted by Crippen LogP contribution is 2.35. The first-order valence-electron chi connectivity index (χ1n) is 11.9. The lowest BCUT2D eigenvalue weighted by Gasteiger charge is -2.20. The Balaban J connectivity index is 1.83. The zero-order chi connectivity index (χ0) is 23.8. The molecule has 0 saturated heterocycles. The Labute approximate surface area is 200 Å². The molecule has 0 radical (unpaired) electrons. The van der Waals surface area contributed by atoms with Crippen LogP contribution < -0.4 is 0 Å². The van der Waals surface area contributed by atoms with Crippen LogP contribution in [-0.2, 0) is 10.8 Å². The molecule has 0 heterocycles. The Morgan fingerprint density at radius 3 is 0.909 bits per heavy atom. The van der Waals surface area contributed by atoms with E-state index < -0.39 is 0 Å². The van der Waals surface area contributed by atoms with Gasteiger partial charge in [-0.15, -0.1) is 0 Å². The summed E-state index contributed by atoms with van der Waals surface area (Å²) in [6.45, 7) is 15.7. The number of rotatable bonds is 3. The summed E-state index contributed by atoms with van der Waals surface area (Å²) in [5.74, 6) is 0. The highest BCUT2D eigenvalue weighted by molar-refractivity contribution is 5.81. The van der Waals surface area contributed by atoms with Crippen LogP contribution in [0.25, 0.3) is 33.4 Å². The first-order chi connectivity index (χ1) is 15.5. The molecule has 0 unspecified atom stereocenters. The van der Waals surface area contributed by atoms with Gasteiger partial charge in [-0.25, -0.2) is 0 Å². The van der Waals surface area contributed by atoms with Crippen molar-refractivity contribution in [3.63, 3.8) is 0 Å². The molecular formula is C33H36. The maximum absolute atomic E-state index is 2.33. The van der Waals surface area contributed by atoms with E-state index in [1.807, 2.05) is 0 Å². The summed E-state index contributed by atoms with van der Waals surface area (Å²) in [5.41, 5.74) is 11.8. The molecule has 168 valence electrons. The van der Waals surface area contributed by atoms with E-state index in [0.717, 1.165) is 0 Å². The van der Waals surface area contributed by atoms with Crippen molar-refractivity contribution in [3.05, 3.63) is 108 Å². The van der Waals surface area contributed by atoms with E-state index in [1.165, 1.54) is 50.1 Å². The summed E-state index contributed by atoms with van der Waals surface area (Å²) >= 11 is 0. The minimum absolute atomic E-state index is 0.155. The molecule has 0 aromatic heterocycles. The topological polar surface area (TPSA) is 0 Å². The van der Waals surface area contributed by atoms with Gasteiger partial charge in [0.1, 0.15) is 0 Å². The predicted molar refractivity (Wildman–Crippen MR) is 145 cm³/mol. The van der Waals surface area contributed by atoms with Gasteiger partial charge in [0.2, 0.25) is 0 Å². The molecule has 0 atom stereocenters. The van der Waals surface area contributed by atoms with E-state index in [4.69, 9.17) is 0 Å². The lowest BCUT2D eigenvalue weighted by Crippen LogP contribution is -2.10. The average Bonchev–Trinajstić information content (AvgIpc) is 2.78. The van der Waals surface area contributed by atoms with Crippen molar-refractivity contribution in [2.45, 2.75) is 59.3 Å². The van der Waals surface area contributed by atoms with Crippen LogP contribution in [0.4, 0.5) is 0 Å². The molecule has 0 nitrogen and oxygen atoms in total. The van der Waals surface area contributed by atoms with E-state index in [0.29, 0.717) is 0 Å². The molecule has 0 bridgehead atoms. The van der Waals surface area contributed by atoms with Gasteiger partial charge in [0.25, 0.3) is 0 Å². The summed E-state index contributed by atoms with van der Waals surface area (Å²) in [6.07, 6.45) is 0. The lowest BCUT2D eigenvalue weighted by molar-refractivity contribution is 0.590. The quantitative estimate of drug-likeness (QED) is 0.302. The van der Waals surface area contributed by atoms with Crippen LogP contribution in [0.5, 0.6) is 0 Å². The highest BCUT2D eigenvalue weighted by Gasteiger charge is 2.15. The molecule has 4 rings (SSSR count). The SMILES string of the molecule is Cc1ccc(-c2cc(-c3ccc(C(C)(C)C)cc3)cc(-c3ccc(C(C)(C)C)cc3)c2)cc1. The van der Waals surface area contributed by atoms with Crippen LogP contribution in [0, 0.1) is 6.92 Å². The minimum Gasteiger partial charge on any atom is -0.0587 e. The van der Waals surface area contributed by atoms with Gasteiger partial charge in [-0.1, -0.05) is 120 Å². The largest absolute Gasteiger partial charge is 0.0587 e. The summed E-state index contributed by atoms with van der Waals surface area (Å²) in [5, 5.41) is 0. The number of aryl methyl sites for hydroxylation is 1. The molecular weight excluding hydrogens is 396 g/mol. The van der Waals surface area contributed by atoms with E-state index in [1.54, 1.807) is 0 Å². The fourth-order valence-corrected chi connectivity index (χ4v) is 4.20. The Kier molecular flexibility index (Phi) is 6.06.